The Morgan fingerprint density at radius 2 is 2.18 bits per heavy atom. The summed E-state index contributed by atoms with van der Waals surface area (Å²) in [6.45, 7) is 3.77. The van der Waals surface area contributed by atoms with Crippen molar-refractivity contribution in [2.24, 2.45) is 4.99 Å². The zero-order chi connectivity index (χ0) is 14.9. The molecule has 120 valence electrons. The molecule has 0 radical (unpaired) electrons. The summed E-state index contributed by atoms with van der Waals surface area (Å²) in [6, 6.07) is 7.13. The number of thiophene rings is 1. The molecule has 0 atom stereocenters. The molecule has 0 spiro atoms. The van der Waals surface area contributed by atoms with Crippen LogP contribution in [0.3, 0.4) is 0 Å². The molecule has 0 aromatic carbocycles. The van der Waals surface area contributed by atoms with E-state index >= 15 is 0 Å². The van der Waals surface area contributed by atoms with Crippen molar-refractivity contribution in [2.75, 3.05) is 13.1 Å². The number of rotatable bonds is 6. The third-order valence-electron chi connectivity index (χ3n) is 2.81. The Hall–Kier alpha value is -1.22. The van der Waals surface area contributed by atoms with Crippen LogP contribution in [0.25, 0.3) is 0 Å². The predicted molar refractivity (Wildman–Crippen MR) is 100 cm³/mol. The standard InChI is InChI=1S/C15H19FN4S.HI/c1-2-17-15(19-9-7-12-5-4-10-21-12)20-11-14-13(16)6-3-8-18-14;/h3-6,8,10H,2,7,9,11H2,1H3,(H2,17,19,20);1H. The summed E-state index contributed by atoms with van der Waals surface area (Å²) in [5.41, 5.74) is 0.355. The molecule has 0 bridgehead atoms. The van der Waals surface area contributed by atoms with Crippen LogP contribution >= 0.6 is 35.3 Å². The van der Waals surface area contributed by atoms with Crippen LogP contribution in [0.5, 0.6) is 0 Å². The van der Waals surface area contributed by atoms with Gasteiger partial charge in [-0.05, 0) is 36.9 Å². The second kappa shape index (κ2) is 10.5. The van der Waals surface area contributed by atoms with E-state index in [0.717, 1.165) is 19.5 Å². The summed E-state index contributed by atoms with van der Waals surface area (Å²) in [7, 11) is 0. The Bertz CT molecular complexity index is 575. The molecule has 0 unspecified atom stereocenters. The van der Waals surface area contributed by atoms with Crippen molar-refractivity contribution in [3.63, 3.8) is 0 Å². The van der Waals surface area contributed by atoms with Crippen LogP contribution in [0.2, 0.25) is 0 Å². The van der Waals surface area contributed by atoms with Crippen LogP contribution < -0.4 is 10.6 Å². The molecule has 2 aromatic heterocycles. The van der Waals surface area contributed by atoms with Gasteiger partial charge in [-0.15, -0.1) is 35.3 Å². The topological polar surface area (TPSA) is 49.3 Å². The maximum atomic E-state index is 13.5. The van der Waals surface area contributed by atoms with Crippen molar-refractivity contribution in [1.29, 1.82) is 0 Å². The fourth-order valence-electron chi connectivity index (χ4n) is 1.79. The Kier molecular flexibility index (Phi) is 8.98. The van der Waals surface area contributed by atoms with Crippen LogP contribution in [-0.4, -0.2) is 24.0 Å². The summed E-state index contributed by atoms with van der Waals surface area (Å²) in [5.74, 6) is 0.356. The lowest BCUT2D eigenvalue weighted by Gasteiger charge is -2.10. The van der Waals surface area contributed by atoms with Gasteiger partial charge in [0, 0.05) is 24.2 Å². The highest BCUT2D eigenvalue weighted by atomic mass is 127. The monoisotopic (exact) mass is 434 g/mol. The Morgan fingerprint density at radius 1 is 1.32 bits per heavy atom. The van der Waals surface area contributed by atoms with Gasteiger partial charge in [0.2, 0.25) is 0 Å². The van der Waals surface area contributed by atoms with E-state index in [1.54, 1.807) is 23.6 Å². The van der Waals surface area contributed by atoms with Crippen LogP contribution in [-0.2, 0) is 13.0 Å². The first-order valence-electron chi connectivity index (χ1n) is 6.93. The van der Waals surface area contributed by atoms with E-state index < -0.39 is 0 Å². The zero-order valence-electron chi connectivity index (χ0n) is 12.4. The molecule has 0 aliphatic heterocycles. The van der Waals surface area contributed by atoms with Crippen LogP contribution in [0.4, 0.5) is 4.39 Å². The Labute approximate surface area is 151 Å². The normalized spacial score (nSPS) is 10.9. The van der Waals surface area contributed by atoms with Gasteiger partial charge in [-0.1, -0.05) is 6.07 Å². The second-order valence-corrected chi connectivity index (χ2v) is 5.42. The third kappa shape index (κ3) is 6.27. The molecule has 0 saturated heterocycles. The maximum absolute atomic E-state index is 13.5. The van der Waals surface area contributed by atoms with Crippen LogP contribution in [0.1, 0.15) is 17.5 Å². The molecule has 2 N–H and O–H groups in total. The molecular weight excluding hydrogens is 414 g/mol. The molecular formula is C15H20FIN4S. The van der Waals surface area contributed by atoms with E-state index in [1.165, 1.54) is 10.9 Å². The fraction of sp³-hybridized carbons (Fsp3) is 0.333. The number of guanidine groups is 1. The molecule has 22 heavy (non-hydrogen) atoms. The maximum Gasteiger partial charge on any atom is 0.191 e. The molecule has 0 saturated carbocycles. The molecule has 2 aromatic rings. The van der Waals surface area contributed by atoms with Crippen molar-refractivity contribution < 1.29 is 4.39 Å². The number of halogens is 2. The van der Waals surface area contributed by atoms with Gasteiger partial charge in [0.15, 0.2) is 5.96 Å². The quantitative estimate of drug-likeness (QED) is 0.417. The van der Waals surface area contributed by atoms with Gasteiger partial charge in [0.05, 0.1) is 12.2 Å². The minimum Gasteiger partial charge on any atom is -0.357 e. The first-order chi connectivity index (χ1) is 10.3. The summed E-state index contributed by atoms with van der Waals surface area (Å²) in [5, 5.41) is 8.46. The van der Waals surface area contributed by atoms with E-state index in [4.69, 9.17) is 0 Å². The number of hydrogen-bond acceptors (Lipinski definition) is 3. The predicted octanol–water partition coefficient (Wildman–Crippen LogP) is 3.20. The zero-order valence-corrected chi connectivity index (χ0v) is 15.5. The molecule has 0 amide bonds. The number of hydrogen-bond donors (Lipinski definition) is 2. The number of nitrogens with one attached hydrogen (secondary N) is 2. The summed E-state index contributed by atoms with van der Waals surface area (Å²) >= 11 is 1.74. The lowest BCUT2D eigenvalue weighted by molar-refractivity contribution is 0.599. The highest BCUT2D eigenvalue weighted by molar-refractivity contribution is 14.0. The minimum atomic E-state index is -0.323. The summed E-state index contributed by atoms with van der Waals surface area (Å²) in [6.07, 6.45) is 2.52. The molecule has 0 aliphatic rings. The molecule has 7 heteroatoms. The number of aliphatic imine (C=N–C) groups is 1. The van der Waals surface area contributed by atoms with E-state index in [9.17, 15) is 4.39 Å². The molecule has 4 nitrogen and oxygen atoms in total. The first kappa shape index (κ1) is 18.8. The van der Waals surface area contributed by atoms with Crippen LogP contribution in [0, 0.1) is 5.82 Å². The number of aromatic nitrogens is 1. The Balaban J connectivity index is 0.00000242. The first-order valence-corrected chi connectivity index (χ1v) is 7.81. The summed E-state index contributed by atoms with van der Waals surface area (Å²) in [4.78, 5) is 9.68. The molecule has 2 heterocycles. The van der Waals surface area contributed by atoms with Crippen molar-refractivity contribution in [2.45, 2.75) is 19.9 Å². The molecule has 0 fully saturated rings. The van der Waals surface area contributed by atoms with Gasteiger partial charge in [-0.25, -0.2) is 9.38 Å². The summed E-state index contributed by atoms with van der Waals surface area (Å²) < 4.78 is 13.5. The Morgan fingerprint density at radius 3 is 2.86 bits per heavy atom. The van der Waals surface area contributed by atoms with Gasteiger partial charge >= 0.3 is 0 Å². The van der Waals surface area contributed by atoms with Gasteiger partial charge in [0.25, 0.3) is 0 Å². The average Bonchev–Trinajstić information content (AvgIpc) is 2.99. The number of nitrogens with zero attached hydrogens (tertiary/aromatic N) is 2. The molecule has 2 rings (SSSR count). The average molecular weight is 434 g/mol. The van der Waals surface area contributed by atoms with E-state index in [-0.39, 0.29) is 36.3 Å². The van der Waals surface area contributed by atoms with Gasteiger partial charge in [0.1, 0.15) is 5.82 Å². The van der Waals surface area contributed by atoms with E-state index in [0.29, 0.717) is 11.7 Å². The van der Waals surface area contributed by atoms with Crippen molar-refractivity contribution in [1.82, 2.24) is 15.6 Å². The minimum absolute atomic E-state index is 0. The lowest BCUT2D eigenvalue weighted by atomic mass is 10.3. The van der Waals surface area contributed by atoms with Gasteiger partial charge < -0.3 is 10.6 Å². The smallest absolute Gasteiger partial charge is 0.191 e. The van der Waals surface area contributed by atoms with E-state index in [2.05, 4.69) is 32.1 Å². The largest absolute Gasteiger partial charge is 0.357 e. The van der Waals surface area contributed by atoms with Gasteiger partial charge in [-0.3, -0.25) is 4.98 Å². The SMILES string of the molecule is CCNC(=NCc1ncccc1F)NCCc1cccs1.I. The third-order valence-corrected chi connectivity index (χ3v) is 3.75. The highest BCUT2D eigenvalue weighted by Gasteiger charge is 2.03. The molecule has 0 aliphatic carbocycles. The van der Waals surface area contributed by atoms with Crippen molar-refractivity contribution in [3.8, 4) is 0 Å². The lowest BCUT2D eigenvalue weighted by Crippen LogP contribution is -2.38. The van der Waals surface area contributed by atoms with Crippen molar-refractivity contribution in [3.05, 3.63) is 52.2 Å². The van der Waals surface area contributed by atoms with Crippen molar-refractivity contribution >= 4 is 41.3 Å². The van der Waals surface area contributed by atoms with Crippen LogP contribution in [0.15, 0.2) is 40.8 Å². The highest BCUT2D eigenvalue weighted by Crippen LogP contribution is 2.08. The second-order valence-electron chi connectivity index (χ2n) is 4.38. The number of pyridine rings is 1. The van der Waals surface area contributed by atoms with Gasteiger partial charge in [-0.2, -0.15) is 0 Å². The fourth-order valence-corrected chi connectivity index (χ4v) is 2.50. The van der Waals surface area contributed by atoms with E-state index in [1.807, 2.05) is 13.0 Å².